The number of allylic oxidation sites excluding steroid dienone is 1. The Labute approximate surface area is 344 Å². The first-order chi connectivity index (χ1) is 29.0. The van der Waals surface area contributed by atoms with E-state index in [2.05, 4.69) is 212 Å². The van der Waals surface area contributed by atoms with Gasteiger partial charge < -0.3 is 14.6 Å². The lowest BCUT2D eigenvalue weighted by atomic mass is 9.82. The molecule has 1 aromatic heterocycles. The monoisotopic (exact) mass is 759 g/mol. The second-order valence-corrected chi connectivity index (χ2v) is 16.0. The Bertz CT molecular complexity index is 3090. The number of furan rings is 1. The zero-order valence-electron chi connectivity index (χ0n) is 32.9. The zero-order chi connectivity index (χ0) is 39.5. The van der Waals surface area contributed by atoms with Crippen LogP contribution < -0.4 is 10.2 Å². The fourth-order valence-electron chi connectivity index (χ4n) is 9.17. The van der Waals surface area contributed by atoms with Crippen molar-refractivity contribution >= 4 is 50.4 Å². The average molecular weight is 760 g/mol. The minimum Gasteiger partial charge on any atom is -0.454 e. The van der Waals surface area contributed by atoms with Gasteiger partial charge in [-0.2, -0.15) is 0 Å². The molecule has 1 atom stereocenters. The van der Waals surface area contributed by atoms with E-state index in [1.165, 1.54) is 33.4 Å². The van der Waals surface area contributed by atoms with Gasteiger partial charge in [0.05, 0.1) is 11.4 Å². The maximum atomic E-state index is 7.01. The van der Waals surface area contributed by atoms with Crippen LogP contribution in [0, 0.1) is 0 Å². The standard InChI is InChI=1S/C55H41N3O/c1-55(2)46-24-14-12-22-42(46)43-31-30-41(34-47(43)55)58(40-28-26-37(27-29-40)36-16-6-3-7-17-36)50-33-32-45(52-44-23-13-15-25-51(44)59-53(50)52)54-56-48(38-18-8-4-9-19-38)35-49(57-54)39-20-10-5-11-21-39/h3-35,54,56H,1-2H3. The molecule has 4 heteroatoms. The fraction of sp³-hybridized carbons (Fsp3) is 0.0727. The van der Waals surface area contributed by atoms with Crippen LogP contribution in [0.5, 0.6) is 0 Å². The minimum atomic E-state index is -0.374. The van der Waals surface area contributed by atoms with Gasteiger partial charge in [-0.15, -0.1) is 0 Å². The van der Waals surface area contributed by atoms with Gasteiger partial charge in [-0.05, 0) is 87.0 Å². The number of hydrogen-bond donors (Lipinski definition) is 1. The molecule has 0 bridgehead atoms. The SMILES string of the molecule is CC1(C)c2ccccc2-c2ccc(N(c3ccc(-c4ccccc4)cc3)c3ccc(C4N=C(c5ccccc5)C=C(c5ccccc5)N4)c4c3oc3ccccc34)cc21. The molecule has 9 aromatic rings. The number of nitrogens with zero attached hydrogens (tertiary/aromatic N) is 2. The minimum absolute atomic E-state index is 0.158. The Kier molecular flexibility index (Phi) is 8.19. The summed E-state index contributed by atoms with van der Waals surface area (Å²) in [5.41, 5.74) is 17.4. The van der Waals surface area contributed by atoms with Crippen LogP contribution in [-0.2, 0) is 5.41 Å². The van der Waals surface area contributed by atoms with Gasteiger partial charge in [-0.3, -0.25) is 4.99 Å². The van der Waals surface area contributed by atoms with E-state index in [1.807, 2.05) is 12.1 Å². The van der Waals surface area contributed by atoms with Crippen molar-refractivity contribution < 1.29 is 4.42 Å². The largest absolute Gasteiger partial charge is 0.454 e. The Balaban J connectivity index is 1.12. The summed E-state index contributed by atoms with van der Waals surface area (Å²) in [5.74, 6) is 0. The van der Waals surface area contributed by atoms with Crippen molar-refractivity contribution in [2.75, 3.05) is 4.90 Å². The van der Waals surface area contributed by atoms with Crippen LogP contribution in [0.4, 0.5) is 17.1 Å². The summed E-state index contributed by atoms with van der Waals surface area (Å²) in [7, 11) is 0. The predicted octanol–water partition coefficient (Wildman–Crippen LogP) is 14.2. The zero-order valence-corrected chi connectivity index (χ0v) is 32.9. The molecular formula is C55H41N3O. The normalized spacial score (nSPS) is 15.3. The third-order valence-electron chi connectivity index (χ3n) is 12.1. The van der Waals surface area contributed by atoms with E-state index < -0.39 is 0 Å². The van der Waals surface area contributed by atoms with Crippen LogP contribution in [-0.4, -0.2) is 5.71 Å². The number of hydrogen-bond acceptors (Lipinski definition) is 4. The van der Waals surface area contributed by atoms with Gasteiger partial charge in [0.2, 0.25) is 0 Å². The molecule has 1 N–H and O–H groups in total. The Morgan fingerprint density at radius 2 is 1.15 bits per heavy atom. The predicted molar refractivity (Wildman–Crippen MR) is 245 cm³/mol. The number of aliphatic imine (C=N–C) groups is 1. The molecule has 59 heavy (non-hydrogen) atoms. The first-order valence-corrected chi connectivity index (χ1v) is 20.3. The summed E-state index contributed by atoms with van der Waals surface area (Å²) < 4.78 is 7.01. The third-order valence-corrected chi connectivity index (χ3v) is 12.1. The van der Waals surface area contributed by atoms with E-state index in [9.17, 15) is 0 Å². The molecule has 4 nitrogen and oxygen atoms in total. The van der Waals surface area contributed by atoms with Crippen molar-refractivity contribution in [1.82, 2.24) is 5.32 Å². The molecule has 11 rings (SSSR count). The lowest BCUT2D eigenvalue weighted by molar-refractivity contribution is 0.658. The van der Waals surface area contributed by atoms with E-state index in [0.29, 0.717) is 0 Å². The van der Waals surface area contributed by atoms with Gasteiger partial charge in [0.25, 0.3) is 0 Å². The van der Waals surface area contributed by atoms with Gasteiger partial charge in [0.15, 0.2) is 5.58 Å². The van der Waals surface area contributed by atoms with Crippen LogP contribution >= 0.6 is 0 Å². The second kappa shape index (κ2) is 13.9. The number of rotatable bonds is 7. The molecule has 282 valence electrons. The van der Waals surface area contributed by atoms with Crippen LogP contribution in [0.15, 0.2) is 210 Å². The van der Waals surface area contributed by atoms with Crippen LogP contribution in [0.3, 0.4) is 0 Å². The number of benzene rings is 8. The van der Waals surface area contributed by atoms with Gasteiger partial charge in [0, 0.05) is 38.8 Å². The number of para-hydroxylation sites is 1. The Morgan fingerprint density at radius 3 is 1.92 bits per heavy atom. The fourth-order valence-corrected chi connectivity index (χ4v) is 9.17. The number of fused-ring (bicyclic) bond motifs is 6. The molecule has 0 amide bonds. The smallest absolute Gasteiger partial charge is 0.159 e. The Hall–Kier alpha value is -7.43. The summed E-state index contributed by atoms with van der Waals surface area (Å²) in [6, 6.07) is 69.0. The number of nitrogens with one attached hydrogen (secondary N) is 1. The summed E-state index contributed by atoms with van der Waals surface area (Å²) in [4.78, 5) is 7.78. The van der Waals surface area contributed by atoms with E-state index in [1.54, 1.807) is 0 Å². The molecule has 0 saturated carbocycles. The molecule has 2 heterocycles. The van der Waals surface area contributed by atoms with Gasteiger partial charge in [-0.1, -0.05) is 172 Å². The Morgan fingerprint density at radius 1 is 0.542 bits per heavy atom. The third kappa shape index (κ3) is 5.87. The summed E-state index contributed by atoms with van der Waals surface area (Å²) in [6.07, 6.45) is 1.79. The maximum Gasteiger partial charge on any atom is 0.159 e. The molecule has 2 aliphatic rings. The second-order valence-electron chi connectivity index (χ2n) is 16.0. The average Bonchev–Trinajstić information content (AvgIpc) is 3.80. The molecule has 0 saturated heterocycles. The topological polar surface area (TPSA) is 40.8 Å². The molecule has 0 radical (unpaired) electrons. The maximum absolute atomic E-state index is 7.01. The van der Waals surface area contributed by atoms with E-state index >= 15 is 0 Å². The van der Waals surface area contributed by atoms with Gasteiger partial charge in [0.1, 0.15) is 11.7 Å². The van der Waals surface area contributed by atoms with Crippen LogP contribution in [0.25, 0.3) is 49.9 Å². The highest BCUT2D eigenvalue weighted by atomic mass is 16.3. The van der Waals surface area contributed by atoms with E-state index in [-0.39, 0.29) is 11.6 Å². The van der Waals surface area contributed by atoms with Crippen molar-refractivity contribution in [2.24, 2.45) is 4.99 Å². The quantitative estimate of drug-likeness (QED) is 0.176. The highest BCUT2D eigenvalue weighted by Crippen LogP contribution is 2.52. The van der Waals surface area contributed by atoms with Crippen LogP contribution in [0.2, 0.25) is 0 Å². The molecule has 1 aliphatic heterocycles. The summed E-state index contributed by atoms with van der Waals surface area (Å²) in [6.45, 7) is 4.68. The van der Waals surface area contributed by atoms with Crippen molar-refractivity contribution in [1.29, 1.82) is 0 Å². The summed E-state index contributed by atoms with van der Waals surface area (Å²) >= 11 is 0. The van der Waals surface area contributed by atoms with Crippen molar-refractivity contribution in [3.63, 3.8) is 0 Å². The van der Waals surface area contributed by atoms with Crippen molar-refractivity contribution in [3.8, 4) is 22.3 Å². The molecule has 0 spiro atoms. The lowest BCUT2D eigenvalue weighted by Gasteiger charge is -2.29. The number of anilines is 3. The molecule has 1 unspecified atom stereocenters. The lowest BCUT2D eigenvalue weighted by Crippen LogP contribution is -2.25. The van der Waals surface area contributed by atoms with Crippen molar-refractivity contribution in [2.45, 2.75) is 25.4 Å². The van der Waals surface area contributed by atoms with Gasteiger partial charge in [-0.25, -0.2) is 0 Å². The van der Waals surface area contributed by atoms with E-state index in [4.69, 9.17) is 9.41 Å². The highest BCUT2D eigenvalue weighted by molar-refractivity contribution is 6.15. The highest BCUT2D eigenvalue weighted by Gasteiger charge is 2.36. The first-order valence-electron chi connectivity index (χ1n) is 20.3. The summed E-state index contributed by atoms with van der Waals surface area (Å²) in [5, 5.41) is 5.93. The molecule has 8 aromatic carbocycles. The van der Waals surface area contributed by atoms with Crippen LogP contribution in [0.1, 0.15) is 47.8 Å². The van der Waals surface area contributed by atoms with Gasteiger partial charge >= 0.3 is 0 Å². The van der Waals surface area contributed by atoms with E-state index in [0.717, 1.165) is 67.1 Å². The first kappa shape index (κ1) is 34.8. The van der Waals surface area contributed by atoms with Crippen molar-refractivity contribution in [3.05, 3.63) is 228 Å². The molecule has 0 fully saturated rings. The molecular weight excluding hydrogens is 719 g/mol. The molecule has 1 aliphatic carbocycles.